The van der Waals surface area contributed by atoms with Crippen molar-refractivity contribution in [3.8, 4) is 11.8 Å². The van der Waals surface area contributed by atoms with E-state index in [2.05, 4.69) is 31.7 Å². The van der Waals surface area contributed by atoms with Crippen LogP contribution in [0.15, 0.2) is 29.3 Å². The molecule has 174 valence electrons. The summed E-state index contributed by atoms with van der Waals surface area (Å²) < 4.78 is 7.02. The van der Waals surface area contributed by atoms with Crippen LogP contribution in [0.5, 0.6) is 0 Å². The van der Waals surface area contributed by atoms with Crippen LogP contribution in [0.25, 0.3) is 5.69 Å². The Morgan fingerprint density at radius 2 is 1.91 bits per heavy atom. The molecule has 9 nitrogen and oxygen atoms in total. The van der Waals surface area contributed by atoms with Gasteiger partial charge in [-0.2, -0.15) is 10.4 Å². The fourth-order valence-electron chi connectivity index (χ4n) is 3.50. The Morgan fingerprint density at radius 3 is 2.56 bits per heavy atom. The van der Waals surface area contributed by atoms with Crippen LogP contribution >= 0.6 is 24.0 Å². The molecule has 0 bridgehead atoms. The lowest BCUT2D eigenvalue weighted by Crippen LogP contribution is -2.44. The van der Waals surface area contributed by atoms with Gasteiger partial charge in [-0.1, -0.05) is 17.7 Å². The lowest BCUT2D eigenvalue weighted by molar-refractivity contribution is 0.0389. The Labute approximate surface area is 207 Å². The standard InChI is InChI=1S/C22H32N8O.HI/c1-17-5-7-18(8-6-17)30-21(24)19(16-23)20(28-30)4-3-9-26-22(25-2)27-10-11-29-12-14-31-15-13-29;/h5-8H,3-4,9-15,24H2,1-2H3,(H2,25,26,27);1H. The average Bonchev–Trinajstić information content (AvgIpc) is 3.11. The molecule has 1 aliphatic heterocycles. The smallest absolute Gasteiger partial charge is 0.191 e. The summed E-state index contributed by atoms with van der Waals surface area (Å²) in [6.07, 6.45) is 1.47. The largest absolute Gasteiger partial charge is 0.382 e. The highest BCUT2D eigenvalue weighted by Crippen LogP contribution is 2.21. The van der Waals surface area contributed by atoms with E-state index in [4.69, 9.17) is 10.5 Å². The second-order valence-corrected chi connectivity index (χ2v) is 7.55. The molecular formula is C22H33IN8O. The van der Waals surface area contributed by atoms with Crippen LogP contribution < -0.4 is 16.4 Å². The number of rotatable bonds is 8. The number of ether oxygens (including phenoxy) is 1. The van der Waals surface area contributed by atoms with Crippen LogP contribution in [0.3, 0.4) is 0 Å². The van der Waals surface area contributed by atoms with Crippen molar-refractivity contribution in [2.75, 3.05) is 58.7 Å². The molecule has 0 spiro atoms. The van der Waals surface area contributed by atoms with Crippen molar-refractivity contribution >= 4 is 35.8 Å². The molecule has 0 saturated carbocycles. The van der Waals surface area contributed by atoms with Crippen molar-refractivity contribution in [3.05, 3.63) is 41.1 Å². The lowest BCUT2D eigenvalue weighted by atomic mass is 10.1. The first-order valence-corrected chi connectivity index (χ1v) is 10.7. The number of aromatic nitrogens is 2. The fourth-order valence-corrected chi connectivity index (χ4v) is 3.50. The maximum absolute atomic E-state index is 9.55. The number of benzene rings is 1. The molecule has 2 aromatic rings. The number of halogens is 1. The van der Waals surface area contributed by atoms with E-state index in [-0.39, 0.29) is 24.0 Å². The zero-order chi connectivity index (χ0) is 22.1. The predicted molar refractivity (Wildman–Crippen MR) is 138 cm³/mol. The number of guanidine groups is 1. The van der Waals surface area contributed by atoms with Gasteiger partial charge in [0, 0.05) is 39.8 Å². The maximum atomic E-state index is 9.55. The molecule has 0 amide bonds. The van der Waals surface area contributed by atoms with Gasteiger partial charge in [0.25, 0.3) is 0 Å². The van der Waals surface area contributed by atoms with Gasteiger partial charge in [0.2, 0.25) is 0 Å². The summed E-state index contributed by atoms with van der Waals surface area (Å²) in [6, 6.07) is 10.1. The maximum Gasteiger partial charge on any atom is 0.191 e. The fraction of sp³-hybridized carbons (Fsp3) is 0.500. The van der Waals surface area contributed by atoms with E-state index in [0.717, 1.165) is 75.3 Å². The molecule has 4 N–H and O–H groups in total. The number of morpholine rings is 1. The molecule has 0 aliphatic carbocycles. The third kappa shape index (κ3) is 7.08. The first-order valence-electron chi connectivity index (χ1n) is 10.7. The number of nitrogens with one attached hydrogen (secondary N) is 2. The normalized spacial score (nSPS) is 14.5. The molecule has 1 aliphatic rings. The number of hydrogen-bond acceptors (Lipinski definition) is 6. The molecule has 10 heteroatoms. The number of nitrogens with two attached hydrogens (primary N) is 1. The SMILES string of the molecule is CN=C(NCCCc1nn(-c2ccc(C)cc2)c(N)c1C#N)NCCN1CCOCC1.I. The zero-order valence-corrected chi connectivity index (χ0v) is 21.1. The number of nitrogen functional groups attached to an aromatic ring is 1. The second-order valence-electron chi connectivity index (χ2n) is 7.55. The molecule has 2 heterocycles. The highest BCUT2D eigenvalue weighted by atomic mass is 127. The molecule has 0 unspecified atom stereocenters. The number of aliphatic imine (C=N–C) groups is 1. The minimum absolute atomic E-state index is 0. The minimum atomic E-state index is 0. The van der Waals surface area contributed by atoms with E-state index in [1.54, 1.807) is 11.7 Å². The van der Waals surface area contributed by atoms with E-state index >= 15 is 0 Å². The number of anilines is 1. The quantitative estimate of drug-likeness (QED) is 0.198. The summed E-state index contributed by atoms with van der Waals surface area (Å²) >= 11 is 0. The van der Waals surface area contributed by atoms with Crippen molar-refractivity contribution in [1.82, 2.24) is 25.3 Å². The molecule has 1 saturated heterocycles. The van der Waals surface area contributed by atoms with Gasteiger partial charge >= 0.3 is 0 Å². The van der Waals surface area contributed by atoms with Crippen molar-refractivity contribution < 1.29 is 4.74 Å². The molecule has 3 rings (SSSR count). The second kappa shape index (κ2) is 13.2. The Hall–Kier alpha value is -2.36. The van der Waals surface area contributed by atoms with Gasteiger partial charge in [-0.25, -0.2) is 4.68 Å². The summed E-state index contributed by atoms with van der Waals surface area (Å²) in [5.74, 6) is 1.16. The highest BCUT2D eigenvalue weighted by molar-refractivity contribution is 14.0. The third-order valence-electron chi connectivity index (χ3n) is 5.31. The minimum Gasteiger partial charge on any atom is -0.382 e. The summed E-state index contributed by atoms with van der Waals surface area (Å²) in [4.78, 5) is 6.65. The van der Waals surface area contributed by atoms with Gasteiger partial charge in [-0.05, 0) is 31.9 Å². The molecule has 32 heavy (non-hydrogen) atoms. The van der Waals surface area contributed by atoms with Gasteiger partial charge < -0.3 is 21.1 Å². The molecule has 0 radical (unpaired) electrons. The van der Waals surface area contributed by atoms with Crippen LogP contribution in [0.2, 0.25) is 0 Å². The van der Waals surface area contributed by atoms with E-state index in [0.29, 0.717) is 17.8 Å². The van der Waals surface area contributed by atoms with E-state index in [1.165, 1.54) is 0 Å². The Balaban J connectivity index is 0.00000363. The number of nitrogens with zero attached hydrogens (tertiary/aromatic N) is 5. The van der Waals surface area contributed by atoms with Crippen molar-refractivity contribution in [2.45, 2.75) is 19.8 Å². The predicted octanol–water partition coefficient (Wildman–Crippen LogP) is 1.68. The van der Waals surface area contributed by atoms with Gasteiger partial charge in [0.15, 0.2) is 5.96 Å². The zero-order valence-electron chi connectivity index (χ0n) is 18.8. The van der Waals surface area contributed by atoms with E-state index in [1.807, 2.05) is 31.2 Å². The van der Waals surface area contributed by atoms with Crippen molar-refractivity contribution in [2.24, 2.45) is 4.99 Å². The van der Waals surface area contributed by atoms with Crippen molar-refractivity contribution in [1.29, 1.82) is 5.26 Å². The molecule has 0 atom stereocenters. The number of aryl methyl sites for hydroxylation is 2. The van der Waals surface area contributed by atoms with Crippen LogP contribution in [0, 0.1) is 18.3 Å². The number of nitriles is 1. The van der Waals surface area contributed by atoms with Crippen LogP contribution in [-0.2, 0) is 11.2 Å². The van der Waals surface area contributed by atoms with Crippen LogP contribution in [0.1, 0.15) is 23.2 Å². The van der Waals surface area contributed by atoms with E-state index < -0.39 is 0 Å². The van der Waals surface area contributed by atoms with Gasteiger partial charge in [-0.15, -0.1) is 24.0 Å². The highest BCUT2D eigenvalue weighted by Gasteiger charge is 2.16. The van der Waals surface area contributed by atoms with Crippen LogP contribution in [0.4, 0.5) is 5.82 Å². The molecule has 1 aromatic heterocycles. The van der Waals surface area contributed by atoms with Crippen LogP contribution in [-0.4, -0.2) is 73.6 Å². The summed E-state index contributed by atoms with van der Waals surface area (Å²) in [5, 5.41) is 20.8. The van der Waals surface area contributed by atoms with E-state index in [9.17, 15) is 5.26 Å². The first kappa shape index (κ1) is 25.9. The molecular weight excluding hydrogens is 519 g/mol. The molecule has 1 fully saturated rings. The Morgan fingerprint density at radius 1 is 1.22 bits per heavy atom. The Bertz CT molecular complexity index is 913. The van der Waals surface area contributed by atoms with Gasteiger partial charge in [0.05, 0.1) is 24.6 Å². The summed E-state index contributed by atoms with van der Waals surface area (Å²) in [5.41, 5.74) is 9.38. The monoisotopic (exact) mass is 552 g/mol. The summed E-state index contributed by atoms with van der Waals surface area (Å²) in [7, 11) is 1.77. The Kier molecular flexibility index (Phi) is 10.7. The number of hydrogen-bond donors (Lipinski definition) is 3. The lowest BCUT2D eigenvalue weighted by Gasteiger charge is -2.26. The average molecular weight is 552 g/mol. The van der Waals surface area contributed by atoms with Gasteiger partial charge in [-0.3, -0.25) is 9.89 Å². The third-order valence-corrected chi connectivity index (χ3v) is 5.31. The van der Waals surface area contributed by atoms with Crippen molar-refractivity contribution in [3.63, 3.8) is 0 Å². The summed E-state index contributed by atoms with van der Waals surface area (Å²) in [6.45, 7) is 8.12. The molecule has 1 aromatic carbocycles. The van der Waals surface area contributed by atoms with Gasteiger partial charge in [0.1, 0.15) is 17.5 Å². The topological polar surface area (TPSA) is 117 Å². The first-order chi connectivity index (χ1) is 15.1.